The number of halogens is 1. The molecule has 1 aromatic carbocycles. The van der Waals surface area contributed by atoms with Crippen molar-refractivity contribution in [3.63, 3.8) is 0 Å². The van der Waals surface area contributed by atoms with Gasteiger partial charge in [0, 0.05) is 11.3 Å². The summed E-state index contributed by atoms with van der Waals surface area (Å²) in [5.41, 5.74) is 7.31. The van der Waals surface area contributed by atoms with Crippen LogP contribution in [-0.4, -0.2) is 9.97 Å². The average molecular weight is 246 g/mol. The first-order chi connectivity index (χ1) is 8.58. The van der Waals surface area contributed by atoms with Gasteiger partial charge < -0.3 is 11.1 Å². The fourth-order valence-electron chi connectivity index (χ4n) is 1.78. The zero-order chi connectivity index (χ0) is 13.1. The van der Waals surface area contributed by atoms with E-state index in [1.807, 2.05) is 13.8 Å². The van der Waals surface area contributed by atoms with E-state index in [1.165, 1.54) is 18.5 Å². The largest absolute Gasteiger partial charge is 0.383 e. The van der Waals surface area contributed by atoms with Crippen LogP contribution in [0.2, 0.25) is 0 Å². The number of anilines is 3. The topological polar surface area (TPSA) is 63.8 Å². The molecule has 0 atom stereocenters. The molecule has 4 nitrogen and oxygen atoms in total. The Morgan fingerprint density at radius 3 is 2.72 bits per heavy atom. The van der Waals surface area contributed by atoms with Gasteiger partial charge in [-0.25, -0.2) is 14.4 Å². The minimum Gasteiger partial charge on any atom is -0.383 e. The number of benzene rings is 1. The summed E-state index contributed by atoms with van der Waals surface area (Å²) in [7, 11) is 0. The second-order valence-electron chi connectivity index (χ2n) is 4.31. The fraction of sp³-hybridized carbons (Fsp3) is 0.231. The van der Waals surface area contributed by atoms with Gasteiger partial charge in [-0.2, -0.15) is 0 Å². The molecule has 0 aliphatic heterocycles. The Labute approximate surface area is 105 Å². The van der Waals surface area contributed by atoms with E-state index in [9.17, 15) is 4.39 Å². The normalized spacial score (nSPS) is 10.7. The lowest BCUT2D eigenvalue weighted by atomic mass is 10.0. The molecule has 1 aromatic heterocycles. The Bertz CT molecular complexity index is 554. The molecule has 18 heavy (non-hydrogen) atoms. The summed E-state index contributed by atoms with van der Waals surface area (Å²) in [6.07, 6.45) is 1.39. The van der Waals surface area contributed by atoms with E-state index in [4.69, 9.17) is 5.73 Å². The molecule has 0 unspecified atom stereocenters. The Morgan fingerprint density at radius 2 is 2.06 bits per heavy atom. The molecule has 1 heterocycles. The molecule has 0 amide bonds. The summed E-state index contributed by atoms with van der Waals surface area (Å²) in [5, 5.41) is 3.06. The monoisotopic (exact) mass is 246 g/mol. The summed E-state index contributed by atoms with van der Waals surface area (Å²) in [6.45, 7) is 4.01. The van der Waals surface area contributed by atoms with Gasteiger partial charge in [0.25, 0.3) is 0 Å². The van der Waals surface area contributed by atoms with E-state index in [-0.39, 0.29) is 11.7 Å². The smallest absolute Gasteiger partial charge is 0.139 e. The van der Waals surface area contributed by atoms with Crippen LogP contribution in [0.4, 0.5) is 21.7 Å². The maximum absolute atomic E-state index is 13.1. The number of rotatable bonds is 3. The first kappa shape index (κ1) is 12.3. The van der Waals surface area contributed by atoms with Gasteiger partial charge in [-0.15, -0.1) is 0 Å². The Hall–Kier alpha value is -2.17. The van der Waals surface area contributed by atoms with Gasteiger partial charge in [0.05, 0.1) is 0 Å². The van der Waals surface area contributed by atoms with E-state index in [0.717, 1.165) is 5.56 Å². The van der Waals surface area contributed by atoms with Crippen LogP contribution in [0.25, 0.3) is 0 Å². The van der Waals surface area contributed by atoms with Crippen LogP contribution in [0.5, 0.6) is 0 Å². The molecule has 3 N–H and O–H groups in total. The molecule has 5 heteroatoms. The van der Waals surface area contributed by atoms with Crippen LogP contribution in [0.1, 0.15) is 25.3 Å². The van der Waals surface area contributed by atoms with Crippen molar-refractivity contribution in [1.29, 1.82) is 0 Å². The van der Waals surface area contributed by atoms with Gasteiger partial charge >= 0.3 is 0 Å². The second kappa shape index (κ2) is 5.00. The SMILES string of the molecule is CC(C)c1c(N)ncnc1Nc1cccc(F)c1. The third-order valence-electron chi connectivity index (χ3n) is 2.58. The highest BCUT2D eigenvalue weighted by molar-refractivity contribution is 5.64. The van der Waals surface area contributed by atoms with Gasteiger partial charge in [0.1, 0.15) is 23.8 Å². The predicted molar refractivity (Wildman–Crippen MR) is 70.2 cm³/mol. The molecule has 0 bridgehead atoms. The number of hydrogen-bond donors (Lipinski definition) is 2. The molecule has 0 aliphatic rings. The van der Waals surface area contributed by atoms with Crippen LogP contribution >= 0.6 is 0 Å². The highest BCUT2D eigenvalue weighted by Gasteiger charge is 2.13. The molecule has 0 saturated carbocycles. The number of aromatic nitrogens is 2. The number of hydrogen-bond acceptors (Lipinski definition) is 4. The van der Waals surface area contributed by atoms with Gasteiger partial charge in [-0.05, 0) is 24.1 Å². The highest BCUT2D eigenvalue weighted by Crippen LogP contribution is 2.28. The van der Waals surface area contributed by atoms with Gasteiger partial charge in [-0.3, -0.25) is 0 Å². The summed E-state index contributed by atoms with van der Waals surface area (Å²) < 4.78 is 13.1. The molecule has 0 radical (unpaired) electrons. The fourth-order valence-corrected chi connectivity index (χ4v) is 1.78. The lowest BCUT2D eigenvalue weighted by Gasteiger charge is -2.14. The Balaban J connectivity index is 2.37. The number of nitrogen functional groups attached to an aromatic ring is 1. The van der Waals surface area contributed by atoms with E-state index >= 15 is 0 Å². The lowest BCUT2D eigenvalue weighted by Crippen LogP contribution is -2.06. The van der Waals surface area contributed by atoms with Crippen LogP contribution in [0.3, 0.4) is 0 Å². The maximum Gasteiger partial charge on any atom is 0.139 e. The number of nitrogens with zero attached hydrogens (tertiary/aromatic N) is 2. The van der Waals surface area contributed by atoms with Gasteiger partial charge in [0.15, 0.2) is 0 Å². The van der Waals surface area contributed by atoms with Gasteiger partial charge in [0.2, 0.25) is 0 Å². The standard InChI is InChI=1S/C13H15FN4/c1-8(2)11-12(15)16-7-17-13(11)18-10-5-3-4-9(14)6-10/h3-8H,1-2H3,(H3,15,16,17,18). The van der Waals surface area contributed by atoms with Crippen LogP contribution in [0, 0.1) is 5.82 Å². The maximum atomic E-state index is 13.1. The van der Waals surface area contributed by atoms with Crippen LogP contribution in [0.15, 0.2) is 30.6 Å². The minimum absolute atomic E-state index is 0.183. The zero-order valence-electron chi connectivity index (χ0n) is 10.3. The second-order valence-corrected chi connectivity index (χ2v) is 4.31. The summed E-state index contributed by atoms with van der Waals surface area (Å²) in [5.74, 6) is 0.942. The highest BCUT2D eigenvalue weighted by atomic mass is 19.1. The van der Waals surface area contributed by atoms with E-state index < -0.39 is 0 Å². The molecule has 94 valence electrons. The van der Waals surface area contributed by atoms with Crippen LogP contribution in [-0.2, 0) is 0 Å². The lowest BCUT2D eigenvalue weighted by molar-refractivity contribution is 0.628. The molecule has 0 spiro atoms. The van der Waals surface area contributed by atoms with Crippen molar-refractivity contribution in [3.05, 3.63) is 42.0 Å². The van der Waals surface area contributed by atoms with Crippen molar-refractivity contribution in [3.8, 4) is 0 Å². The van der Waals surface area contributed by atoms with Crippen molar-refractivity contribution in [2.24, 2.45) is 0 Å². The summed E-state index contributed by atoms with van der Waals surface area (Å²) in [6, 6.07) is 6.20. The molecule has 2 aromatic rings. The molecule has 0 saturated heterocycles. The average Bonchev–Trinajstić information content (AvgIpc) is 2.28. The number of nitrogens with two attached hydrogens (primary N) is 1. The van der Waals surface area contributed by atoms with E-state index in [1.54, 1.807) is 12.1 Å². The first-order valence-electron chi connectivity index (χ1n) is 5.71. The van der Waals surface area contributed by atoms with Crippen molar-refractivity contribution in [2.45, 2.75) is 19.8 Å². The summed E-state index contributed by atoms with van der Waals surface area (Å²) in [4.78, 5) is 8.13. The zero-order valence-corrected chi connectivity index (χ0v) is 10.3. The van der Waals surface area contributed by atoms with Crippen molar-refractivity contribution in [1.82, 2.24) is 9.97 Å². The first-order valence-corrected chi connectivity index (χ1v) is 5.71. The van der Waals surface area contributed by atoms with Crippen molar-refractivity contribution in [2.75, 3.05) is 11.1 Å². The van der Waals surface area contributed by atoms with Crippen molar-refractivity contribution >= 4 is 17.3 Å². The molecular weight excluding hydrogens is 231 g/mol. The third-order valence-corrected chi connectivity index (χ3v) is 2.58. The summed E-state index contributed by atoms with van der Waals surface area (Å²) >= 11 is 0. The molecular formula is C13H15FN4. The minimum atomic E-state index is -0.298. The molecule has 2 rings (SSSR count). The quantitative estimate of drug-likeness (QED) is 0.873. The van der Waals surface area contributed by atoms with Gasteiger partial charge in [-0.1, -0.05) is 19.9 Å². The third kappa shape index (κ3) is 2.56. The van der Waals surface area contributed by atoms with Crippen LogP contribution < -0.4 is 11.1 Å². The van der Waals surface area contributed by atoms with Crippen molar-refractivity contribution < 1.29 is 4.39 Å². The number of nitrogens with one attached hydrogen (secondary N) is 1. The Kier molecular flexibility index (Phi) is 3.41. The Morgan fingerprint density at radius 1 is 1.28 bits per heavy atom. The predicted octanol–water partition coefficient (Wildman–Crippen LogP) is 3.06. The van der Waals surface area contributed by atoms with E-state index in [2.05, 4.69) is 15.3 Å². The van der Waals surface area contributed by atoms with E-state index in [0.29, 0.717) is 17.3 Å². The molecule has 0 aliphatic carbocycles. The molecule has 0 fully saturated rings.